The molecule has 0 fully saturated rings. The molecule has 126 valence electrons. The fraction of sp³-hybridized carbons (Fsp3) is 0.350. The predicted molar refractivity (Wildman–Crippen MR) is 94.8 cm³/mol. The van der Waals surface area contributed by atoms with Gasteiger partial charge >= 0.3 is 0 Å². The fourth-order valence-electron chi connectivity index (χ4n) is 3.25. The molecule has 1 unspecified atom stereocenters. The van der Waals surface area contributed by atoms with Gasteiger partial charge < -0.3 is 14.7 Å². The highest BCUT2D eigenvalue weighted by Gasteiger charge is 2.34. The number of phenolic OH excluding ortho intramolecular Hbond substituents is 1. The number of phenols is 1. The summed E-state index contributed by atoms with van der Waals surface area (Å²) in [6.07, 6.45) is -0.0437. The summed E-state index contributed by atoms with van der Waals surface area (Å²) in [6.45, 7) is 6.81. The van der Waals surface area contributed by atoms with Gasteiger partial charge in [0.05, 0.1) is 5.69 Å². The monoisotopic (exact) mass is 325 g/mol. The Morgan fingerprint density at radius 2 is 1.96 bits per heavy atom. The molecule has 2 aromatic carbocycles. The number of fused-ring (bicyclic) bond motifs is 1. The van der Waals surface area contributed by atoms with E-state index in [-0.39, 0.29) is 11.7 Å². The van der Waals surface area contributed by atoms with E-state index >= 15 is 0 Å². The molecule has 0 saturated heterocycles. The van der Waals surface area contributed by atoms with E-state index in [2.05, 4.69) is 26.0 Å². The highest BCUT2D eigenvalue weighted by atomic mass is 16.5. The van der Waals surface area contributed by atoms with Crippen LogP contribution in [0.25, 0.3) is 0 Å². The van der Waals surface area contributed by atoms with Crippen LogP contribution in [0.4, 0.5) is 5.69 Å². The second-order valence-electron chi connectivity index (χ2n) is 6.40. The van der Waals surface area contributed by atoms with Gasteiger partial charge in [-0.05, 0) is 36.1 Å². The number of anilines is 1. The zero-order chi connectivity index (χ0) is 17.3. The molecule has 0 aliphatic carbocycles. The van der Waals surface area contributed by atoms with Crippen molar-refractivity contribution in [2.75, 3.05) is 11.4 Å². The maximum Gasteiger partial charge on any atom is 0.268 e. The molecule has 0 bridgehead atoms. The first kappa shape index (κ1) is 16.4. The van der Waals surface area contributed by atoms with Gasteiger partial charge in [0.2, 0.25) is 0 Å². The number of hydrogen-bond donors (Lipinski definition) is 1. The molecule has 0 aromatic heterocycles. The number of benzene rings is 2. The predicted octanol–water partition coefficient (Wildman–Crippen LogP) is 3.87. The molecule has 1 aliphatic heterocycles. The van der Waals surface area contributed by atoms with Crippen molar-refractivity contribution in [3.8, 4) is 11.5 Å². The first-order chi connectivity index (χ1) is 11.5. The Labute approximate surface area is 142 Å². The standard InChI is InChI=1S/C20H23NO3/c1-4-21-17-10-9-15(22)12-18(17)24-19(20(21)23)11-14-7-5-6-8-16(14)13(2)3/h5-10,12-13,19,22H,4,11H2,1-3H3. The quantitative estimate of drug-likeness (QED) is 0.928. The summed E-state index contributed by atoms with van der Waals surface area (Å²) >= 11 is 0. The van der Waals surface area contributed by atoms with Crippen molar-refractivity contribution in [2.45, 2.75) is 39.2 Å². The summed E-state index contributed by atoms with van der Waals surface area (Å²) in [5.41, 5.74) is 3.08. The summed E-state index contributed by atoms with van der Waals surface area (Å²) in [7, 11) is 0. The van der Waals surface area contributed by atoms with Crippen LogP contribution in [0.15, 0.2) is 42.5 Å². The molecule has 1 amide bonds. The number of rotatable bonds is 4. The van der Waals surface area contributed by atoms with Crippen molar-refractivity contribution in [2.24, 2.45) is 0 Å². The van der Waals surface area contributed by atoms with E-state index in [9.17, 15) is 9.90 Å². The third-order valence-electron chi connectivity index (χ3n) is 4.44. The minimum absolute atomic E-state index is 0.0331. The van der Waals surface area contributed by atoms with Crippen LogP contribution in [0, 0.1) is 0 Å². The molecule has 4 heteroatoms. The van der Waals surface area contributed by atoms with Gasteiger partial charge in [0.1, 0.15) is 11.5 Å². The van der Waals surface area contributed by atoms with E-state index in [0.717, 1.165) is 5.56 Å². The largest absolute Gasteiger partial charge is 0.508 e. The number of carbonyl (C=O) groups is 1. The lowest BCUT2D eigenvalue weighted by atomic mass is 9.93. The highest BCUT2D eigenvalue weighted by molar-refractivity contribution is 6.00. The van der Waals surface area contributed by atoms with Crippen LogP contribution in [0.1, 0.15) is 37.8 Å². The van der Waals surface area contributed by atoms with Gasteiger partial charge in [-0.2, -0.15) is 0 Å². The van der Waals surface area contributed by atoms with Crippen molar-refractivity contribution in [3.05, 3.63) is 53.6 Å². The van der Waals surface area contributed by atoms with E-state index in [1.807, 2.05) is 19.1 Å². The van der Waals surface area contributed by atoms with Gasteiger partial charge in [-0.3, -0.25) is 4.79 Å². The van der Waals surface area contributed by atoms with E-state index in [0.29, 0.717) is 30.3 Å². The Morgan fingerprint density at radius 3 is 2.67 bits per heavy atom. The lowest BCUT2D eigenvalue weighted by Crippen LogP contribution is -2.46. The second kappa shape index (κ2) is 6.56. The van der Waals surface area contributed by atoms with Gasteiger partial charge in [-0.15, -0.1) is 0 Å². The average Bonchev–Trinajstić information content (AvgIpc) is 2.56. The van der Waals surface area contributed by atoms with Gasteiger partial charge in [-0.1, -0.05) is 38.1 Å². The molecular formula is C20H23NO3. The van der Waals surface area contributed by atoms with E-state index < -0.39 is 6.10 Å². The molecule has 0 radical (unpaired) electrons. The number of likely N-dealkylation sites (N-methyl/N-ethyl adjacent to an activating group) is 1. The van der Waals surface area contributed by atoms with Crippen molar-refractivity contribution in [3.63, 3.8) is 0 Å². The fourth-order valence-corrected chi connectivity index (χ4v) is 3.25. The Hall–Kier alpha value is -2.49. The summed E-state index contributed by atoms with van der Waals surface area (Å²) in [6, 6.07) is 13.0. The first-order valence-corrected chi connectivity index (χ1v) is 8.40. The van der Waals surface area contributed by atoms with Crippen LogP contribution in [0.2, 0.25) is 0 Å². The summed E-state index contributed by atoms with van der Waals surface area (Å²) in [5.74, 6) is 1.05. The number of aromatic hydroxyl groups is 1. The average molecular weight is 325 g/mol. The van der Waals surface area contributed by atoms with Crippen LogP contribution in [0.3, 0.4) is 0 Å². The minimum Gasteiger partial charge on any atom is -0.508 e. The van der Waals surface area contributed by atoms with Crippen molar-refractivity contribution >= 4 is 11.6 Å². The lowest BCUT2D eigenvalue weighted by Gasteiger charge is -2.34. The summed E-state index contributed by atoms with van der Waals surface area (Å²) in [5, 5.41) is 9.72. The minimum atomic E-state index is -0.570. The molecule has 1 N–H and O–H groups in total. The first-order valence-electron chi connectivity index (χ1n) is 8.40. The SMILES string of the molecule is CCN1C(=O)C(Cc2ccccc2C(C)C)Oc2cc(O)ccc21. The Morgan fingerprint density at radius 1 is 1.21 bits per heavy atom. The zero-order valence-electron chi connectivity index (χ0n) is 14.3. The van der Waals surface area contributed by atoms with Crippen LogP contribution >= 0.6 is 0 Å². The van der Waals surface area contributed by atoms with Crippen LogP contribution in [-0.4, -0.2) is 23.7 Å². The van der Waals surface area contributed by atoms with E-state index in [4.69, 9.17) is 4.74 Å². The molecule has 1 atom stereocenters. The summed E-state index contributed by atoms with van der Waals surface area (Å²) in [4.78, 5) is 14.6. The van der Waals surface area contributed by atoms with Gasteiger partial charge in [-0.25, -0.2) is 0 Å². The molecule has 24 heavy (non-hydrogen) atoms. The molecule has 3 rings (SSSR count). The second-order valence-corrected chi connectivity index (χ2v) is 6.40. The van der Waals surface area contributed by atoms with Gasteiger partial charge in [0, 0.05) is 19.0 Å². The summed E-state index contributed by atoms with van der Waals surface area (Å²) < 4.78 is 5.94. The molecule has 1 aliphatic rings. The van der Waals surface area contributed by atoms with E-state index in [1.165, 1.54) is 5.56 Å². The van der Waals surface area contributed by atoms with Crippen LogP contribution in [0.5, 0.6) is 11.5 Å². The Bertz CT molecular complexity index is 754. The van der Waals surface area contributed by atoms with Gasteiger partial charge in [0.15, 0.2) is 6.10 Å². The molecular weight excluding hydrogens is 302 g/mol. The number of nitrogens with zero attached hydrogens (tertiary/aromatic N) is 1. The molecule has 4 nitrogen and oxygen atoms in total. The molecule has 1 heterocycles. The molecule has 0 saturated carbocycles. The number of hydrogen-bond acceptors (Lipinski definition) is 3. The number of ether oxygens (including phenoxy) is 1. The topological polar surface area (TPSA) is 49.8 Å². The molecule has 0 spiro atoms. The van der Waals surface area contributed by atoms with Crippen molar-refractivity contribution in [1.82, 2.24) is 0 Å². The third kappa shape index (κ3) is 2.96. The lowest BCUT2D eigenvalue weighted by molar-refractivity contribution is -0.126. The maximum absolute atomic E-state index is 12.8. The Balaban J connectivity index is 1.94. The Kier molecular flexibility index (Phi) is 4.47. The van der Waals surface area contributed by atoms with Crippen molar-refractivity contribution < 1.29 is 14.6 Å². The molecule has 2 aromatic rings. The normalized spacial score (nSPS) is 16.9. The van der Waals surface area contributed by atoms with Crippen molar-refractivity contribution in [1.29, 1.82) is 0 Å². The van der Waals surface area contributed by atoms with Crippen LogP contribution in [-0.2, 0) is 11.2 Å². The maximum atomic E-state index is 12.8. The zero-order valence-corrected chi connectivity index (χ0v) is 14.3. The number of amides is 1. The van der Waals surface area contributed by atoms with Gasteiger partial charge in [0.25, 0.3) is 5.91 Å². The van der Waals surface area contributed by atoms with E-state index in [1.54, 1.807) is 23.1 Å². The van der Waals surface area contributed by atoms with Crippen LogP contribution < -0.4 is 9.64 Å². The third-order valence-corrected chi connectivity index (χ3v) is 4.44. The smallest absolute Gasteiger partial charge is 0.268 e. The highest BCUT2D eigenvalue weighted by Crippen LogP contribution is 2.37. The number of carbonyl (C=O) groups excluding carboxylic acids is 1.